The SMILES string of the molecule is CC(=O)NCc1ccc(-c2csc(NC(=O)[C@H](C)N3C(=O)c4cccc([N+](=O)[O-])c4C3=O)n2)s1. The molecule has 34 heavy (non-hydrogen) atoms. The minimum absolute atomic E-state index is 0.108. The van der Waals surface area contributed by atoms with Gasteiger partial charge in [0.15, 0.2) is 5.13 Å². The van der Waals surface area contributed by atoms with Crippen LogP contribution in [0.25, 0.3) is 10.6 Å². The van der Waals surface area contributed by atoms with Crippen LogP contribution in [-0.4, -0.2) is 44.5 Å². The van der Waals surface area contributed by atoms with E-state index in [1.807, 2.05) is 12.1 Å². The number of hydrogen-bond acceptors (Lipinski definition) is 9. The second kappa shape index (κ2) is 9.11. The van der Waals surface area contributed by atoms with Crippen molar-refractivity contribution >= 4 is 57.1 Å². The van der Waals surface area contributed by atoms with Crippen LogP contribution in [0, 0.1) is 10.1 Å². The number of carbonyl (C=O) groups is 4. The summed E-state index contributed by atoms with van der Waals surface area (Å²) in [5, 5.41) is 18.6. The van der Waals surface area contributed by atoms with Gasteiger partial charge in [0.2, 0.25) is 11.8 Å². The summed E-state index contributed by atoms with van der Waals surface area (Å²) in [6.45, 7) is 3.21. The second-order valence-electron chi connectivity index (χ2n) is 7.32. The lowest BCUT2D eigenvalue weighted by Gasteiger charge is -2.20. The molecule has 0 saturated heterocycles. The largest absolute Gasteiger partial charge is 0.351 e. The molecule has 0 fully saturated rings. The highest BCUT2D eigenvalue weighted by Crippen LogP contribution is 2.33. The summed E-state index contributed by atoms with van der Waals surface area (Å²) in [5.74, 6) is -2.44. The first-order chi connectivity index (χ1) is 16.2. The molecule has 1 aliphatic rings. The Kier molecular flexibility index (Phi) is 6.22. The van der Waals surface area contributed by atoms with Crippen molar-refractivity contribution < 1.29 is 24.1 Å². The first-order valence-electron chi connectivity index (χ1n) is 9.92. The summed E-state index contributed by atoms with van der Waals surface area (Å²) in [4.78, 5) is 66.8. The zero-order chi connectivity index (χ0) is 24.6. The lowest BCUT2D eigenvalue weighted by atomic mass is 10.1. The van der Waals surface area contributed by atoms with Gasteiger partial charge in [0, 0.05) is 23.2 Å². The van der Waals surface area contributed by atoms with Crippen molar-refractivity contribution in [1.82, 2.24) is 15.2 Å². The fourth-order valence-electron chi connectivity index (χ4n) is 3.38. The predicted octanol–water partition coefficient (Wildman–Crippen LogP) is 3.04. The van der Waals surface area contributed by atoms with Gasteiger partial charge in [-0.25, -0.2) is 4.98 Å². The second-order valence-corrected chi connectivity index (χ2v) is 9.34. The predicted molar refractivity (Wildman–Crippen MR) is 125 cm³/mol. The molecule has 13 heteroatoms. The van der Waals surface area contributed by atoms with Gasteiger partial charge in [-0.1, -0.05) is 6.07 Å². The summed E-state index contributed by atoms with van der Waals surface area (Å²) in [5.41, 5.74) is -0.280. The molecule has 1 aromatic carbocycles. The van der Waals surface area contributed by atoms with Crippen LogP contribution in [0.2, 0.25) is 0 Å². The van der Waals surface area contributed by atoms with Gasteiger partial charge in [0.05, 0.1) is 27.6 Å². The highest BCUT2D eigenvalue weighted by Gasteiger charge is 2.44. The number of anilines is 1. The van der Waals surface area contributed by atoms with E-state index in [2.05, 4.69) is 15.6 Å². The zero-order valence-electron chi connectivity index (χ0n) is 17.9. The highest BCUT2D eigenvalue weighted by atomic mass is 32.1. The molecule has 0 spiro atoms. The normalized spacial score (nSPS) is 13.5. The Morgan fingerprint density at radius 2 is 1.97 bits per heavy atom. The number of thiophene rings is 1. The van der Waals surface area contributed by atoms with E-state index in [0.29, 0.717) is 12.2 Å². The first kappa shape index (κ1) is 23.2. The topological polar surface area (TPSA) is 152 Å². The Morgan fingerprint density at radius 3 is 2.68 bits per heavy atom. The number of nitrogens with one attached hydrogen (secondary N) is 2. The third-order valence-electron chi connectivity index (χ3n) is 5.05. The Morgan fingerprint density at radius 1 is 1.21 bits per heavy atom. The van der Waals surface area contributed by atoms with E-state index in [1.54, 1.807) is 5.38 Å². The first-order valence-corrected chi connectivity index (χ1v) is 11.6. The van der Waals surface area contributed by atoms with E-state index in [9.17, 15) is 29.3 Å². The molecule has 1 aliphatic heterocycles. The van der Waals surface area contributed by atoms with Crippen LogP contribution in [0.15, 0.2) is 35.7 Å². The minimum Gasteiger partial charge on any atom is -0.351 e. The van der Waals surface area contributed by atoms with Crippen molar-refractivity contribution in [2.45, 2.75) is 26.4 Å². The summed E-state index contributed by atoms with van der Waals surface area (Å²) in [6.07, 6.45) is 0. The number of nitro benzene ring substituents is 1. The van der Waals surface area contributed by atoms with Crippen LogP contribution in [0.5, 0.6) is 0 Å². The molecule has 0 unspecified atom stereocenters. The smallest absolute Gasteiger partial charge is 0.282 e. The van der Waals surface area contributed by atoms with Gasteiger partial charge >= 0.3 is 0 Å². The molecular weight excluding hydrogens is 482 g/mol. The lowest BCUT2D eigenvalue weighted by Crippen LogP contribution is -2.45. The van der Waals surface area contributed by atoms with E-state index in [4.69, 9.17) is 0 Å². The quantitative estimate of drug-likeness (QED) is 0.288. The van der Waals surface area contributed by atoms with E-state index in [-0.39, 0.29) is 22.2 Å². The third kappa shape index (κ3) is 4.30. The molecule has 11 nitrogen and oxygen atoms in total. The number of nitro groups is 1. The number of amides is 4. The monoisotopic (exact) mass is 499 g/mol. The molecular formula is C21H17N5O6S2. The summed E-state index contributed by atoms with van der Waals surface area (Å²) in [6, 6.07) is 6.29. The lowest BCUT2D eigenvalue weighted by molar-refractivity contribution is -0.385. The summed E-state index contributed by atoms with van der Waals surface area (Å²) < 4.78 is 0. The van der Waals surface area contributed by atoms with Crippen molar-refractivity contribution in [1.29, 1.82) is 0 Å². The van der Waals surface area contributed by atoms with E-state index in [0.717, 1.165) is 20.7 Å². The average molecular weight is 500 g/mol. The Labute approximate surface area is 200 Å². The van der Waals surface area contributed by atoms with Crippen molar-refractivity contribution in [3.63, 3.8) is 0 Å². The third-order valence-corrected chi connectivity index (χ3v) is 6.91. The molecule has 3 aromatic rings. The Hall–Kier alpha value is -3.97. The average Bonchev–Trinajstić information content (AvgIpc) is 3.51. The Bertz CT molecular complexity index is 1350. The molecule has 3 heterocycles. The number of nitrogens with zero attached hydrogens (tertiary/aromatic N) is 3. The van der Waals surface area contributed by atoms with Gasteiger partial charge in [-0.15, -0.1) is 22.7 Å². The van der Waals surface area contributed by atoms with E-state index >= 15 is 0 Å². The van der Waals surface area contributed by atoms with E-state index < -0.39 is 34.4 Å². The van der Waals surface area contributed by atoms with Crippen molar-refractivity contribution in [2.75, 3.05) is 5.32 Å². The maximum Gasteiger partial charge on any atom is 0.282 e. The number of carbonyl (C=O) groups excluding carboxylic acids is 4. The molecule has 0 aliphatic carbocycles. The number of thiazole rings is 1. The highest BCUT2D eigenvalue weighted by molar-refractivity contribution is 7.17. The number of fused-ring (bicyclic) bond motifs is 1. The summed E-state index contributed by atoms with van der Waals surface area (Å²) >= 11 is 2.62. The zero-order valence-corrected chi connectivity index (χ0v) is 19.5. The fraction of sp³-hybridized carbons (Fsp3) is 0.190. The number of imide groups is 1. The molecule has 0 bridgehead atoms. The maximum atomic E-state index is 12.8. The number of benzene rings is 1. The van der Waals surface area contributed by atoms with Crippen LogP contribution in [0.1, 0.15) is 39.4 Å². The van der Waals surface area contributed by atoms with Crippen LogP contribution < -0.4 is 10.6 Å². The summed E-state index contributed by atoms with van der Waals surface area (Å²) in [7, 11) is 0. The fourth-order valence-corrected chi connectivity index (χ4v) is 5.08. The van der Waals surface area contributed by atoms with Crippen molar-refractivity contribution in [3.05, 3.63) is 61.8 Å². The van der Waals surface area contributed by atoms with Crippen LogP contribution in [-0.2, 0) is 16.1 Å². The number of hydrogen-bond donors (Lipinski definition) is 2. The van der Waals surface area contributed by atoms with Crippen LogP contribution >= 0.6 is 22.7 Å². The molecule has 0 radical (unpaired) electrons. The van der Waals surface area contributed by atoms with Gasteiger partial charge in [-0.2, -0.15) is 0 Å². The van der Waals surface area contributed by atoms with Crippen LogP contribution in [0.3, 0.4) is 0 Å². The standard InChI is InChI=1S/C21H17N5O6S2/c1-10(25-19(29)13-4-3-5-15(26(31)32)17(13)20(25)30)18(28)24-21-23-14(9-33-21)16-7-6-12(34-16)8-22-11(2)27/h3-7,9-10H,8H2,1-2H3,(H,22,27)(H,23,24,28)/t10-/m0/s1. The number of rotatable bonds is 7. The molecule has 174 valence electrons. The van der Waals surface area contributed by atoms with Gasteiger partial charge in [-0.3, -0.25) is 34.2 Å². The molecule has 2 N–H and O–H groups in total. The minimum atomic E-state index is -1.22. The van der Waals surface area contributed by atoms with Gasteiger partial charge < -0.3 is 10.6 Å². The number of aromatic nitrogens is 1. The molecule has 2 aromatic heterocycles. The van der Waals surface area contributed by atoms with Crippen LogP contribution in [0.4, 0.5) is 10.8 Å². The molecule has 4 amide bonds. The van der Waals surface area contributed by atoms with Gasteiger partial charge in [0.1, 0.15) is 11.6 Å². The molecule has 4 rings (SSSR count). The molecule has 0 saturated carbocycles. The van der Waals surface area contributed by atoms with E-state index in [1.165, 1.54) is 48.7 Å². The van der Waals surface area contributed by atoms with Crippen molar-refractivity contribution in [3.8, 4) is 10.6 Å². The maximum absolute atomic E-state index is 12.8. The Balaban J connectivity index is 1.47. The van der Waals surface area contributed by atoms with Crippen molar-refractivity contribution in [2.24, 2.45) is 0 Å². The van der Waals surface area contributed by atoms with Gasteiger partial charge in [0.25, 0.3) is 17.5 Å². The van der Waals surface area contributed by atoms with Gasteiger partial charge in [-0.05, 0) is 25.1 Å². The molecule has 1 atom stereocenters.